The zero-order valence-electron chi connectivity index (χ0n) is 14.2. The van der Waals surface area contributed by atoms with E-state index in [9.17, 15) is 14.7 Å². The second-order valence-electron chi connectivity index (χ2n) is 9.19. The van der Waals surface area contributed by atoms with Crippen molar-refractivity contribution in [2.75, 3.05) is 6.61 Å². The highest BCUT2D eigenvalue weighted by atomic mass is 16.5. The van der Waals surface area contributed by atoms with E-state index < -0.39 is 17.6 Å². The fourth-order valence-corrected chi connectivity index (χ4v) is 7.06. The highest BCUT2D eigenvalue weighted by Crippen LogP contribution is 2.71. The maximum atomic E-state index is 13.5. The second-order valence-corrected chi connectivity index (χ2v) is 9.19. The fraction of sp³-hybridized carbons (Fsp3) is 0.700. The number of aliphatic hydroxyl groups is 1. The highest BCUT2D eigenvalue weighted by molar-refractivity contribution is 6.19. The Balaban J connectivity index is 1.79. The molecule has 4 heteroatoms. The van der Waals surface area contributed by atoms with Crippen molar-refractivity contribution >= 4 is 11.6 Å². The molecule has 5 aliphatic rings. The molecule has 5 rings (SSSR count). The Hall–Kier alpha value is -1.26. The van der Waals surface area contributed by atoms with Gasteiger partial charge in [-0.1, -0.05) is 32.6 Å². The van der Waals surface area contributed by atoms with Crippen LogP contribution in [0.5, 0.6) is 0 Å². The molecule has 1 spiro atoms. The van der Waals surface area contributed by atoms with E-state index in [1.807, 2.05) is 0 Å². The molecule has 128 valence electrons. The quantitative estimate of drug-likeness (QED) is 0.420. The SMILES string of the molecule is C=C1C(=O)[C@@]23C(=O)[C@@H]4OC[C@]5(C=CCC(C)(C)[C@@H]45)[C@@H]2CC[C@@H]1[C@H]3O. The van der Waals surface area contributed by atoms with Gasteiger partial charge in [-0.2, -0.15) is 0 Å². The zero-order valence-corrected chi connectivity index (χ0v) is 14.2. The van der Waals surface area contributed by atoms with Crippen LogP contribution >= 0.6 is 0 Å². The Bertz CT molecular complexity index is 719. The van der Waals surface area contributed by atoms with Crippen molar-refractivity contribution in [3.05, 3.63) is 24.3 Å². The summed E-state index contributed by atoms with van der Waals surface area (Å²) in [6.45, 7) is 8.80. The summed E-state index contributed by atoms with van der Waals surface area (Å²) >= 11 is 0. The summed E-state index contributed by atoms with van der Waals surface area (Å²) in [4.78, 5) is 26.7. The Kier molecular flexibility index (Phi) is 2.57. The third kappa shape index (κ3) is 1.27. The van der Waals surface area contributed by atoms with Gasteiger partial charge in [0.2, 0.25) is 0 Å². The molecule has 3 saturated carbocycles. The molecule has 4 bridgehead atoms. The third-order valence-corrected chi connectivity index (χ3v) is 7.90. The molecule has 24 heavy (non-hydrogen) atoms. The minimum atomic E-state index is -1.31. The van der Waals surface area contributed by atoms with E-state index in [4.69, 9.17) is 4.74 Å². The molecule has 0 aromatic carbocycles. The van der Waals surface area contributed by atoms with Gasteiger partial charge >= 0.3 is 0 Å². The van der Waals surface area contributed by atoms with Crippen molar-refractivity contribution in [2.24, 2.45) is 34.0 Å². The lowest BCUT2D eigenvalue weighted by Crippen LogP contribution is -2.67. The van der Waals surface area contributed by atoms with Crippen LogP contribution in [0.15, 0.2) is 24.3 Å². The molecule has 1 saturated heterocycles. The average molecular weight is 328 g/mol. The molecular weight excluding hydrogens is 304 g/mol. The predicted molar refractivity (Wildman–Crippen MR) is 87.0 cm³/mol. The Morgan fingerprint density at radius 3 is 2.79 bits per heavy atom. The van der Waals surface area contributed by atoms with E-state index in [1.54, 1.807) is 0 Å². The number of ether oxygens (including phenoxy) is 1. The third-order valence-electron chi connectivity index (χ3n) is 7.90. The van der Waals surface area contributed by atoms with Crippen LogP contribution in [0, 0.1) is 34.0 Å². The number of allylic oxidation sites excluding steroid dienone is 1. The first-order valence-electron chi connectivity index (χ1n) is 9.04. The molecule has 0 unspecified atom stereocenters. The van der Waals surface area contributed by atoms with Gasteiger partial charge < -0.3 is 9.84 Å². The lowest BCUT2D eigenvalue weighted by Gasteiger charge is -2.59. The topological polar surface area (TPSA) is 63.6 Å². The van der Waals surface area contributed by atoms with Crippen molar-refractivity contribution in [3.63, 3.8) is 0 Å². The van der Waals surface area contributed by atoms with Crippen LogP contribution in [-0.4, -0.2) is 35.5 Å². The molecule has 0 radical (unpaired) electrons. The van der Waals surface area contributed by atoms with Crippen molar-refractivity contribution in [1.29, 1.82) is 0 Å². The number of carbonyl (C=O) groups excluding carboxylic acids is 2. The van der Waals surface area contributed by atoms with Gasteiger partial charge in [0.15, 0.2) is 11.6 Å². The summed E-state index contributed by atoms with van der Waals surface area (Å²) in [7, 11) is 0. The second kappa shape index (κ2) is 4.10. The van der Waals surface area contributed by atoms with Gasteiger partial charge in [0.05, 0.1) is 12.7 Å². The van der Waals surface area contributed by atoms with Crippen molar-refractivity contribution in [1.82, 2.24) is 0 Å². The van der Waals surface area contributed by atoms with Gasteiger partial charge in [-0.3, -0.25) is 9.59 Å². The van der Waals surface area contributed by atoms with Gasteiger partial charge in [0.1, 0.15) is 11.5 Å². The largest absolute Gasteiger partial charge is 0.391 e. The lowest BCUT2D eigenvalue weighted by atomic mass is 9.41. The number of fused-ring (bicyclic) bond motifs is 1. The van der Waals surface area contributed by atoms with E-state index in [0.717, 1.165) is 19.3 Å². The van der Waals surface area contributed by atoms with Gasteiger partial charge in [0, 0.05) is 17.3 Å². The summed E-state index contributed by atoms with van der Waals surface area (Å²) in [6.07, 6.45) is 5.33. The first-order chi connectivity index (χ1) is 11.3. The average Bonchev–Trinajstić information content (AvgIpc) is 2.93. The zero-order chi connectivity index (χ0) is 17.1. The van der Waals surface area contributed by atoms with Crippen molar-refractivity contribution in [3.8, 4) is 0 Å². The minimum absolute atomic E-state index is 0.0480. The molecule has 0 aromatic rings. The van der Waals surface area contributed by atoms with E-state index in [0.29, 0.717) is 12.2 Å². The fourth-order valence-electron chi connectivity index (χ4n) is 7.06. The molecular formula is C20H24O4. The summed E-state index contributed by atoms with van der Waals surface area (Å²) in [5.74, 6) is -0.725. The Morgan fingerprint density at radius 1 is 1.29 bits per heavy atom. The van der Waals surface area contributed by atoms with E-state index in [2.05, 4.69) is 32.6 Å². The van der Waals surface area contributed by atoms with Crippen molar-refractivity contribution in [2.45, 2.75) is 45.3 Å². The smallest absolute Gasteiger partial charge is 0.178 e. The van der Waals surface area contributed by atoms with Gasteiger partial charge in [-0.25, -0.2) is 0 Å². The molecule has 7 atom stereocenters. The molecule has 0 aromatic heterocycles. The highest BCUT2D eigenvalue weighted by Gasteiger charge is 2.79. The number of hydrogen-bond acceptors (Lipinski definition) is 4. The van der Waals surface area contributed by atoms with Gasteiger partial charge in [-0.05, 0) is 36.2 Å². The number of aliphatic hydroxyl groups excluding tert-OH is 1. The van der Waals surface area contributed by atoms with Crippen LogP contribution in [0.3, 0.4) is 0 Å². The van der Waals surface area contributed by atoms with E-state index in [-0.39, 0.29) is 40.2 Å². The summed E-state index contributed by atoms with van der Waals surface area (Å²) in [5.41, 5.74) is -1.22. The van der Waals surface area contributed by atoms with Gasteiger partial charge in [-0.15, -0.1) is 0 Å². The summed E-state index contributed by atoms with van der Waals surface area (Å²) in [5, 5.41) is 11.0. The molecule has 1 heterocycles. The normalized spacial score (nSPS) is 54.0. The predicted octanol–water partition coefficient (Wildman–Crippen LogP) is 2.07. The van der Waals surface area contributed by atoms with E-state index in [1.165, 1.54) is 0 Å². The molecule has 1 N–H and O–H groups in total. The number of hydrogen-bond donors (Lipinski definition) is 1. The first kappa shape index (κ1) is 15.0. The van der Waals surface area contributed by atoms with Crippen LogP contribution in [-0.2, 0) is 14.3 Å². The maximum absolute atomic E-state index is 13.5. The summed E-state index contributed by atoms with van der Waals surface area (Å²) < 4.78 is 6.04. The molecule has 1 aliphatic heterocycles. The van der Waals surface area contributed by atoms with Crippen LogP contribution < -0.4 is 0 Å². The number of ketones is 2. The van der Waals surface area contributed by atoms with Gasteiger partial charge in [0.25, 0.3) is 0 Å². The molecule has 4 aliphatic carbocycles. The Labute approximate surface area is 141 Å². The van der Waals surface area contributed by atoms with Crippen LogP contribution in [0.2, 0.25) is 0 Å². The lowest BCUT2D eigenvalue weighted by molar-refractivity contribution is -0.178. The van der Waals surface area contributed by atoms with E-state index >= 15 is 0 Å². The van der Waals surface area contributed by atoms with Crippen LogP contribution in [0.4, 0.5) is 0 Å². The number of carbonyl (C=O) groups is 2. The maximum Gasteiger partial charge on any atom is 0.178 e. The van der Waals surface area contributed by atoms with Crippen LogP contribution in [0.25, 0.3) is 0 Å². The standard InChI is InChI=1S/C20H24O4/c1-10-11-5-6-12-19-8-4-7-18(2,3)14(19)13(24-9-19)17(23)20(12,15(10)21)16(11)22/h4,8,11-14,16,22H,1,5-7,9H2,2-3H3/t11-,12-,13+,14+,16+,19+,20-/m0/s1. The van der Waals surface area contributed by atoms with Crippen molar-refractivity contribution < 1.29 is 19.4 Å². The van der Waals surface area contributed by atoms with Crippen LogP contribution in [0.1, 0.15) is 33.1 Å². The number of rotatable bonds is 0. The molecule has 4 nitrogen and oxygen atoms in total. The minimum Gasteiger partial charge on any atom is -0.391 e. The molecule has 0 amide bonds. The molecule has 4 fully saturated rings. The number of Topliss-reactive ketones (excluding diaryl/α,β-unsaturated/α-hetero) is 2. The summed E-state index contributed by atoms with van der Waals surface area (Å²) in [6, 6.07) is 0. The monoisotopic (exact) mass is 328 g/mol. The first-order valence-corrected chi connectivity index (χ1v) is 9.04. The Morgan fingerprint density at radius 2 is 2.04 bits per heavy atom.